The van der Waals surface area contributed by atoms with Gasteiger partial charge >= 0.3 is 0 Å². The summed E-state index contributed by atoms with van der Waals surface area (Å²) < 4.78 is 11.4. The zero-order valence-corrected chi connectivity index (χ0v) is 18.7. The number of carbonyl (C=O) groups is 2. The van der Waals surface area contributed by atoms with E-state index in [1.54, 1.807) is 18.2 Å². The highest BCUT2D eigenvalue weighted by atomic mass is 35.5. The Morgan fingerprint density at radius 3 is 2.34 bits per heavy atom. The Balaban J connectivity index is 2.29. The zero-order valence-electron chi connectivity index (χ0n) is 17.2. The number of aldehydes is 1. The van der Waals surface area contributed by atoms with Gasteiger partial charge in [0.1, 0.15) is 16.3 Å². The van der Waals surface area contributed by atoms with E-state index in [0.29, 0.717) is 28.9 Å². The Labute approximate surface area is 194 Å². The fourth-order valence-corrected chi connectivity index (χ4v) is 4.25. The van der Waals surface area contributed by atoms with Crippen molar-refractivity contribution in [2.24, 2.45) is 0 Å². The van der Waals surface area contributed by atoms with Crippen LogP contribution in [0.15, 0.2) is 48.8 Å². The van der Waals surface area contributed by atoms with Crippen molar-refractivity contribution in [3.63, 3.8) is 0 Å². The molecule has 0 unspecified atom stereocenters. The molecule has 3 aromatic rings. The lowest BCUT2D eigenvalue weighted by Crippen LogP contribution is -2.29. The number of aromatic nitrogens is 1. The SMILES string of the molecule is COc1ccc([C@H](Cc2c(Cl)c[n+](O)cc2Cl)c2c(C=O)cccc2C(=O)[O-])cc1OC. The molecule has 9 heteroatoms. The number of ether oxygens (including phenoxy) is 2. The molecule has 1 aromatic heterocycles. The van der Waals surface area contributed by atoms with E-state index in [0.717, 1.165) is 4.73 Å². The van der Waals surface area contributed by atoms with Crippen molar-refractivity contribution in [1.82, 2.24) is 0 Å². The number of halogens is 2. The summed E-state index contributed by atoms with van der Waals surface area (Å²) in [5.41, 5.74) is 1.40. The summed E-state index contributed by atoms with van der Waals surface area (Å²) in [5, 5.41) is 22.0. The van der Waals surface area contributed by atoms with E-state index in [4.69, 9.17) is 32.7 Å². The monoisotopic (exact) mass is 475 g/mol. The predicted octanol–water partition coefficient (Wildman–Crippen LogP) is 3.09. The van der Waals surface area contributed by atoms with Gasteiger partial charge in [-0.25, -0.2) is 0 Å². The second kappa shape index (κ2) is 9.89. The molecule has 0 spiro atoms. The summed E-state index contributed by atoms with van der Waals surface area (Å²) in [6.07, 6.45) is 3.24. The number of benzene rings is 2. The molecule has 0 amide bonds. The highest BCUT2D eigenvalue weighted by Crippen LogP contribution is 2.39. The topological polar surface area (TPSA) is 99.8 Å². The number of aromatic carboxylic acids is 1. The number of hydrogen-bond donors (Lipinski definition) is 1. The van der Waals surface area contributed by atoms with Gasteiger partial charge in [0.05, 0.1) is 20.2 Å². The lowest BCUT2D eigenvalue weighted by Gasteiger charge is -2.24. The molecule has 7 nitrogen and oxygen atoms in total. The molecule has 166 valence electrons. The van der Waals surface area contributed by atoms with Crippen molar-refractivity contribution in [2.75, 3.05) is 14.2 Å². The largest absolute Gasteiger partial charge is 0.545 e. The van der Waals surface area contributed by atoms with Crippen LogP contribution in [0.2, 0.25) is 10.0 Å². The van der Waals surface area contributed by atoms with Crippen LogP contribution in [0.3, 0.4) is 0 Å². The van der Waals surface area contributed by atoms with E-state index in [1.807, 2.05) is 0 Å². The third-order valence-electron chi connectivity index (χ3n) is 5.12. The molecular weight excluding hydrogens is 457 g/mol. The van der Waals surface area contributed by atoms with Crippen LogP contribution in [0.25, 0.3) is 0 Å². The maximum atomic E-state index is 11.9. The van der Waals surface area contributed by atoms with E-state index in [1.165, 1.54) is 44.8 Å². The number of carboxylic acid groups (broad SMARTS) is 1. The molecule has 0 bridgehead atoms. The van der Waals surface area contributed by atoms with Gasteiger partial charge in [-0.15, -0.1) is 0 Å². The minimum atomic E-state index is -1.42. The highest BCUT2D eigenvalue weighted by Gasteiger charge is 2.26. The number of carbonyl (C=O) groups excluding carboxylic acids is 2. The number of rotatable bonds is 8. The standard InChI is InChI=1S/C23H19Cl2NO6/c1-31-20-7-6-13(8-21(20)32-2)16(9-17-18(24)10-26(30)11-19(17)25)22-14(12-27)4-3-5-15(22)23(28)29/h3-8,10-12,16H,9H2,1-2H3,(H-,28,29,30)/t16-/m0/s1. The molecule has 0 aliphatic rings. The summed E-state index contributed by atoms with van der Waals surface area (Å²) in [7, 11) is 2.98. The number of methoxy groups -OCH3 is 2. The third-order valence-corrected chi connectivity index (χ3v) is 5.77. The Hall–Kier alpha value is -3.29. The molecule has 1 atom stereocenters. The Kier molecular flexibility index (Phi) is 7.22. The molecule has 0 aliphatic heterocycles. The number of pyridine rings is 1. The van der Waals surface area contributed by atoms with E-state index < -0.39 is 11.9 Å². The molecule has 0 radical (unpaired) electrons. The Bertz CT molecular complexity index is 1160. The van der Waals surface area contributed by atoms with Gasteiger partial charge in [-0.2, -0.15) is 0 Å². The fraction of sp³-hybridized carbons (Fsp3) is 0.174. The molecule has 3 rings (SSSR count). The maximum absolute atomic E-state index is 11.9. The van der Waals surface area contributed by atoms with Gasteiger partial charge in [0, 0.05) is 27.3 Å². The summed E-state index contributed by atoms with van der Waals surface area (Å²) in [6.45, 7) is 0. The van der Waals surface area contributed by atoms with Crippen molar-refractivity contribution in [3.05, 3.63) is 86.7 Å². The van der Waals surface area contributed by atoms with Gasteiger partial charge in [0.25, 0.3) is 0 Å². The molecule has 0 fully saturated rings. The van der Waals surface area contributed by atoms with Crippen molar-refractivity contribution < 1.29 is 34.1 Å². The van der Waals surface area contributed by atoms with Crippen LogP contribution in [-0.4, -0.2) is 31.7 Å². The lowest BCUT2D eigenvalue weighted by molar-refractivity contribution is -0.904. The van der Waals surface area contributed by atoms with Gasteiger partial charge in [-0.1, -0.05) is 47.5 Å². The van der Waals surface area contributed by atoms with Gasteiger partial charge in [-0.3, -0.25) is 10.0 Å². The first-order valence-corrected chi connectivity index (χ1v) is 10.2. The average molecular weight is 476 g/mol. The maximum Gasteiger partial charge on any atom is 0.241 e. The highest BCUT2D eigenvalue weighted by molar-refractivity contribution is 6.35. The molecule has 1 N–H and O–H groups in total. The smallest absolute Gasteiger partial charge is 0.241 e. The molecule has 0 saturated carbocycles. The molecule has 0 saturated heterocycles. The minimum Gasteiger partial charge on any atom is -0.545 e. The normalized spacial score (nSPS) is 11.6. The van der Waals surface area contributed by atoms with Crippen LogP contribution >= 0.6 is 23.2 Å². The molecule has 32 heavy (non-hydrogen) atoms. The van der Waals surface area contributed by atoms with Crippen LogP contribution < -0.4 is 19.3 Å². The Morgan fingerprint density at radius 2 is 1.78 bits per heavy atom. The van der Waals surface area contributed by atoms with Crippen LogP contribution in [0.5, 0.6) is 11.5 Å². The first-order valence-electron chi connectivity index (χ1n) is 9.40. The summed E-state index contributed by atoms with van der Waals surface area (Å²) in [5.74, 6) is -1.19. The third kappa shape index (κ3) is 4.64. The first kappa shape index (κ1) is 23.4. The van der Waals surface area contributed by atoms with Crippen molar-refractivity contribution in [2.45, 2.75) is 12.3 Å². The minimum absolute atomic E-state index is 0.124. The first-order chi connectivity index (χ1) is 15.3. The van der Waals surface area contributed by atoms with Gasteiger partial charge < -0.3 is 19.4 Å². The summed E-state index contributed by atoms with van der Waals surface area (Å²) >= 11 is 12.7. The summed E-state index contributed by atoms with van der Waals surface area (Å²) in [6, 6.07) is 9.49. The van der Waals surface area contributed by atoms with Gasteiger partial charge in [0.2, 0.25) is 12.4 Å². The van der Waals surface area contributed by atoms with Crippen molar-refractivity contribution in [3.8, 4) is 11.5 Å². The van der Waals surface area contributed by atoms with Crippen molar-refractivity contribution in [1.29, 1.82) is 0 Å². The molecule has 1 heterocycles. The Morgan fingerprint density at radius 1 is 1.12 bits per heavy atom. The average Bonchev–Trinajstić information content (AvgIpc) is 2.77. The second-order valence-electron chi connectivity index (χ2n) is 6.90. The number of nitrogens with zero attached hydrogens (tertiary/aromatic N) is 1. The van der Waals surface area contributed by atoms with E-state index in [-0.39, 0.29) is 33.2 Å². The van der Waals surface area contributed by atoms with Crippen LogP contribution in [0, 0.1) is 0 Å². The van der Waals surface area contributed by atoms with Gasteiger partial charge in [-0.05, 0) is 29.7 Å². The lowest BCUT2D eigenvalue weighted by atomic mass is 9.81. The van der Waals surface area contributed by atoms with E-state index in [9.17, 15) is 19.9 Å². The molecule has 2 aromatic carbocycles. The van der Waals surface area contributed by atoms with Crippen molar-refractivity contribution >= 4 is 35.5 Å². The van der Waals surface area contributed by atoms with Crippen LogP contribution in [0.1, 0.15) is 43.3 Å². The summed E-state index contributed by atoms with van der Waals surface area (Å²) in [4.78, 5) is 23.8. The molecule has 0 aliphatic carbocycles. The number of hydrogen-bond acceptors (Lipinski definition) is 6. The van der Waals surface area contributed by atoms with Crippen LogP contribution in [-0.2, 0) is 6.42 Å². The molecular formula is C23H19Cl2NO6. The zero-order chi connectivity index (χ0) is 23.4. The second-order valence-corrected chi connectivity index (χ2v) is 7.71. The van der Waals surface area contributed by atoms with Gasteiger partial charge in [0.15, 0.2) is 11.5 Å². The predicted molar refractivity (Wildman–Crippen MR) is 115 cm³/mol. The van der Waals surface area contributed by atoms with E-state index >= 15 is 0 Å². The van der Waals surface area contributed by atoms with Crippen LogP contribution in [0.4, 0.5) is 0 Å². The fourth-order valence-electron chi connectivity index (χ4n) is 3.65. The number of carboxylic acids is 1. The quantitative estimate of drug-likeness (QED) is 0.305. The van der Waals surface area contributed by atoms with E-state index in [2.05, 4.69) is 0 Å².